The van der Waals surface area contributed by atoms with Crippen molar-refractivity contribution in [2.24, 2.45) is 0 Å². The van der Waals surface area contributed by atoms with Gasteiger partial charge in [0.2, 0.25) is 17.7 Å². The molecule has 17 N–H and O–H groups in total. The SMILES string of the molecule is CC(=O)N[C@H]1[C@H](O[C@H]2[C@@H](O)[C@@H](CO)O[C@@H](O[C@H]3[C@H](O)[C@@H](NC(C)=O)[C@H](O[C@H]4[C@@H](O)[C@@H](CO)OC(O)[C@@H]4NC(C)=O)O[C@@H]3CO)[C@@H]2O)O[C@H](CO)[C@@H](O[C@@H]2O[C@H](COS(=O)(=O)O)[C@H](O)[C@H](O)[C@H]2O)[C@@H]1O. The second-order valence-corrected chi connectivity index (χ2v) is 17.8. The number of nitrogens with one attached hydrogen (secondary N) is 3. The maximum Gasteiger partial charge on any atom is 0.397 e. The third-order valence-electron chi connectivity index (χ3n) is 11.7. The van der Waals surface area contributed by atoms with Gasteiger partial charge in [0.05, 0.1) is 33.0 Å². The van der Waals surface area contributed by atoms with Gasteiger partial charge in [0.25, 0.3) is 0 Å². The highest BCUT2D eigenvalue weighted by Crippen LogP contribution is 2.36. The zero-order valence-electron chi connectivity index (χ0n) is 36.8. The Labute approximate surface area is 391 Å². The highest BCUT2D eigenvalue weighted by atomic mass is 32.3. The van der Waals surface area contributed by atoms with Crippen LogP contribution in [-0.2, 0) is 71.6 Å². The van der Waals surface area contributed by atoms with E-state index in [-0.39, 0.29) is 0 Å². The zero-order chi connectivity index (χ0) is 51.4. The quantitative estimate of drug-likeness (QED) is 0.0567. The Hall–Kier alpha value is -2.60. The normalized spacial score (nSPS) is 45.3. The number of carbonyl (C=O) groups is 3. The number of hydrogen-bond acceptors (Lipinski definition) is 28. The first-order valence-electron chi connectivity index (χ1n) is 21.2. The average molecular weight is 1030 g/mol. The minimum atomic E-state index is -5.10. The third kappa shape index (κ3) is 13.5. The van der Waals surface area contributed by atoms with E-state index in [1.807, 2.05) is 0 Å². The first kappa shape index (κ1) is 57.3. The summed E-state index contributed by atoms with van der Waals surface area (Å²) in [5.41, 5.74) is 0. The molecule has 0 bridgehead atoms. The second-order valence-electron chi connectivity index (χ2n) is 16.7. The van der Waals surface area contributed by atoms with Crippen LogP contribution in [0.2, 0.25) is 0 Å². The molecule has 0 aromatic heterocycles. The summed E-state index contributed by atoms with van der Waals surface area (Å²) < 4.78 is 86.7. The van der Waals surface area contributed by atoms with Crippen molar-refractivity contribution in [3.8, 4) is 0 Å². The van der Waals surface area contributed by atoms with E-state index in [0.717, 1.165) is 20.8 Å². The van der Waals surface area contributed by atoms with Gasteiger partial charge < -0.3 is 125 Å². The van der Waals surface area contributed by atoms with Gasteiger partial charge in [-0.05, 0) is 0 Å². The summed E-state index contributed by atoms with van der Waals surface area (Å²) in [6.45, 7) is -1.99. The van der Waals surface area contributed by atoms with Crippen LogP contribution in [0.5, 0.6) is 0 Å². The van der Waals surface area contributed by atoms with Crippen LogP contribution in [0.15, 0.2) is 0 Å². The van der Waals surface area contributed by atoms with Gasteiger partial charge in [-0.2, -0.15) is 8.42 Å². The Morgan fingerprint density at radius 1 is 0.435 bits per heavy atom. The summed E-state index contributed by atoms with van der Waals surface area (Å²) in [5.74, 6) is -2.40. The Bertz CT molecular complexity index is 1810. The molecule has 1 unspecified atom stereocenters. The fraction of sp³-hybridized carbons (Fsp3) is 0.917. The molecular weight excluding hydrogens is 970 g/mol. The summed E-state index contributed by atoms with van der Waals surface area (Å²) in [6.07, 6.45) is -42.0. The highest BCUT2D eigenvalue weighted by molar-refractivity contribution is 7.80. The fourth-order valence-electron chi connectivity index (χ4n) is 8.38. The molecule has 3 amide bonds. The summed E-state index contributed by atoms with van der Waals surface area (Å²) in [7, 11) is -5.10. The highest BCUT2D eigenvalue weighted by Gasteiger charge is 2.57. The average Bonchev–Trinajstić information content (AvgIpc) is 3.28. The molecule has 5 saturated heterocycles. The Balaban J connectivity index is 1.37. The van der Waals surface area contributed by atoms with Crippen molar-refractivity contribution in [3.05, 3.63) is 0 Å². The summed E-state index contributed by atoms with van der Waals surface area (Å²) >= 11 is 0. The number of hydrogen-bond donors (Lipinski definition) is 17. The summed E-state index contributed by atoms with van der Waals surface area (Å²) in [5, 5.41) is 147. The van der Waals surface area contributed by atoms with Crippen LogP contribution in [0.4, 0.5) is 0 Å². The van der Waals surface area contributed by atoms with Crippen LogP contribution < -0.4 is 16.0 Å². The van der Waals surface area contributed by atoms with Gasteiger partial charge in [-0.15, -0.1) is 0 Å². The maximum absolute atomic E-state index is 12.5. The molecule has 0 radical (unpaired) electrons. The molecule has 0 aromatic carbocycles. The van der Waals surface area contributed by atoms with E-state index < -0.39 is 214 Å². The minimum Gasteiger partial charge on any atom is -0.394 e. The van der Waals surface area contributed by atoms with Crippen molar-refractivity contribution in [2.45, 2.75) is 174 Å². The zero-order valence-corrected chi connectivity index (χ0v) is 37.6. The van der Waals surface area contributed by atoms with Crippen LogP contribution in [-0.4, -0.2) is 283 Å². The van der Waals surface area contributed by atoms with Gasteiger partial charge in [-0.3, -0.25) is 18.9 Å². The lowest BCUT2D eigenvalue weighted by Gasteiger charge is -2.50. The van der Waals surface area contributed by atoms with Gasteiger partial charge >= 0.3 is 10.4 Å². The molecule has 5 aliphatic rings. The molecule has 0 saturated carbocycles. The number of carbonyl (C=O) groups excluding carboxylic acids is 3. The van der Waals surface area contributed by atoms with Crippen molar-refractivity contribution in [2.75, 3.05) is 33.0 Å². The standard InChI is InChI=1S/C36H61N3O29S/c1-9(44)37-17-23(50)29(15(7-43)62-33(17)67-30-19(39-11(3)46)32(55)60-12(4-40)21(30)48)66-36-27(54)31(22(49)13(5-41)61-36)68-34-18(38-10(2)45)24(51)28(14(6-42)63-34)65-35-26(53)25(52)20(47)16(64-35)8-59-69(56,57)58/h12-36,40-43,47-55H,4-8H2,1-3H3,(H,37,44)(H,38,45)(H,39,46)(H,56,57,58)/t12-,13-,14-,15-,16-,17-,18-,19-,20+,21+,22+,23-,24-,25+,26-,27-,28-,29-,30-,31+,32?,33+,34+,35+,36+/m1/s1. The first-order chi connectivity index (χ1) is 32.3. The van der Waals surface area contributed by atoms with E-state index in [9.17, 15) is 89.2 Å². The van der Waals surface area contributed by atoms with Gasteiger partial charge in [0, 0.05) is 20.8 Å². The number of ether oxygens (including phenoxy) is 9. The van der Waals surface area contributed by atoms with Crippen molar-refractivity contribution >= 4 is 28.1 Å². The van der Waals surface area contributed by atoms with Crippen molar-refractivity contribution < 1.29 is 141 Å². The molecule has 69 heavy (non-hydrogen) atoms. The first-order valence-corrected chi connectivity index (χ1v) is 22.6. The van der Waals surface area contributed by atoms with E-state index in [4.69, 9.17) is 47.2 Å². The number of aliphatic hydroxyl groups is 13. The van der Waals surface area contributed by atoms with Gasteiger partial charge in [-0.1, -0.05) is 0 Å². The Morgan fingerprint density at radius 3 is 1.26 bits per heavy atom. The number of aliphatic hydroxyl groups excluding tert-OH is 13. The molecule has 5 rings (SSSR count). The molecule has 32 nitrogen and oxygen atoms in total. The lowest BCUT2D eigenvalue weighted by molar-refractivity contribution is -0.380. The van der Waals surface area contributed by atoms with Crippen LogP contribution >= 0.6 is 0 Å². The fourth-order valence-corrected chi connectivity index (χ4v) is 8.69. The van der Waals surface area contributed by atoms with Crippen LogP contribution in [0.1, 0.15) is 20.8 Å². The lowest BCUT2D eigenvalue weighted by Crippen LogP contribution is -2.71. The topological polar surface area (TPSA) is 497 Å². The van der Waals surface area contributed by atoms with Crippen LogP contribution in [0.25, 0.3) is 0 Å². The molecule has 400 valence electrons. The lowest BCUT2D eigenvalue weighted by atomic mass is 9.93. The third-order valence-corrected chi connectivity index (χ3v) is 12.2. The second kappa shape index (κ2) is 24.4. The Kier molecular flexibility index (Phi) is 20.3. The van der Waals surface area contributed by atoms with Crippen molar-refractivity contribution in [1.29, 1.82) is 0 Å². The molecule has 0 aliphatic carbocycles. The number of amides is 3. The predicted octanol–water partition coefficient (Wildman–Crippen LogP) is -11.7. The molecule has 33 heteroatoms. The Morgan fingerprint density at radius 2 is 0.812 bits per heavy atom. The van der Waals surface area contributed by atoms with Crippen molar-refractivity contribution in [3.63, 3.8) is 0 Å². The molecule has 0 spiro atoms. The van der Waals surface area contributed by atoms with E-state index in [2.05, 4.69) is 20.1 Å². The number of rotatable bonds is 18. The van der Waals surface area contributed by atoms with Crippen LogP contribution in [0, 0.1) is 0 Å². The van der Waals surface area contributed by atoms with Gasteiger partial charge in [0.1, 0.15) is 122 Å². The van der Waals surface area contributed by atoms with E-state index in [0.29, 0.717) is 0 Å². The molecule has 5 fully saturated rings. The van der Waals surface area contributed by atoms with Crippen molar-refractivity contribution in [1.82, 2.24) is 16.0 Å². The predicted molar refractivity (Wildman–Crippen MR) is 212 cm³/mol. The molecule has 25 atom stereocenters. The smallest absolute Gasteiger partial charge is 0.394 e. The van der Waals surface area contributed by atoms with E-state index in [1.54, 1.807) is 0 Å². The minimum absolute atomic E-state index is 0.725. The van der Waals surface area contributed by atoms with E-state index >= 15 is 0 Å². The molecule has 5 heterocycles. The van der Waals surface area contributed by atoms with Gasteiger partial charge in [0.15, 0.2) is 31.5 Å². The monoisotopic (exact) mass is 1030 g/mol. The largest absolute Gasteiger partial charge is 0.397 e. The van der Waals surface area contributed by atoms with Gasteiger partial charge in [-0.25, -0.2) is 4.18 Å². The molecule has 5 aliphatic heterocycles. The summed E-state index contributed by atoms with van der Waals surface area (Å²) in [4.78, 5) is 36.9. The molecule has 0 aromatic rings. The molecular formula is C36H61N3O29S. The summed E-state index contributed by atoms with van der Waals surface area (Å²) in [6, 6.07) is -5.03. The van der Waals surface area contributed by atoms with Crippen LogP contribution in [0.3, 0.4) is 0 Å². The van der Waals surface area contributed by atoms with E-state index in [1.165, 1.54) is 0 Å². The maximum atomic E-state index is 12.5.